The van der Waals surface area contributed by atoms with Gasteiger partial charge in [-0.25, -0.2) is 9.38 Å². The predicted molar refractivity (Wildman–Crippen MR) is 87.4 cm³/mol. The molecule has 1 aliphatic heterocycles. The largest absolute Gasteiger partial charge is 0.357 e. The minimum Gasteiger partial charge on any atom is -0.357 e. The van der Waals surface area contributed by atoms with Gasteiger partial charge >= 0.3 is 0 Å². The summed E-state index contributed by atoms with van der Waals surface area (Å²) in [5.74, 6) is 0.438. The fraction of sp³-hybridized carbons (Fsp3) is 0.562. The molecule has 0 aliphatic carbocycles. The van der Waals surface area contributed by atoms with E-state index in [1.165, 1.54) is 6.07 Å². The highest BCUT2D eigenvalue weighted by atomic mass is 19.1. The third-order valence-electron chi connectivity index (χ3n) is 3.75. The van der Waals surface area contributed by atoms with E-state index in [0.29, 0.717) is 31.2 Å². The number of carbonyl (C=O) groups is 1. The molecule has 0 radical (unpaired) electrons. The van der Waals surface area contributed by atoms with Gasteiger partial charge in [0, 0.05) is 38.3 Å². The number of amides is 1. The number of halogens is 1. The summed E-state index contributed by atoms with van der Waals surface area (Å²) in [5.41, 5.74) is 0.318. The van der Waals surface area contributed by atoms with Crippen molar-refractivity contribution in [2.75, 3.05) is 19.6 Å². The number of guanidine groups is 1. The summed E-state index contributed by atoms with van der Waals surface area (Å²) >= 11 is 0. The Bertz CT molecular complexity index is 563. The zero-order valence-corrected chi connectivity index (χ0v) is 13.7. The zero-order chi connectivity index (χ0) is 16.7. The van der Waals surface area contributed by atoms with Crippen molar-refractivity contribution in [1.82, 2.24) is 20.5 Å². The SMILES string of the molecule is CCNC(=NCc1ncccc1F)NC1CCN(C(=O)CC)C1. The van der Waals surface area contributed by atoms with Crippen LogP contribution in [0.3, 0.4) is 0 Å². The van der Waals surface area contributed by atoms with Crippen LogP contribution in [0.4, 0.5) is 4.39 Å². The van der Waals surface area contributed by atoms with Crippen LogP contribution in [0, 0.1) is 5.82 Å². The first-order valence-corrected chi connectivity index (χ1v) is 8.06. The van der Waals surface area contributed by atoms with Gasteiger partial charge in [0.15, 0.2) is 5.96 Å². The van der Waals surface area contributed by atoms with E-state index in [2.05, 4.69) is 20.6 Å². The number of likely N-dealkylation sites (tertiary alicyclic amines) is 1. The molecular weight excluding hydrogens is 297 g/mol. The smallest absolute Gasteiger partial charge is 0.222 e. The third kappa shape index (κ3) is 4.91. The Morgan fingerprint density at radius 2 is 2.35 bits per heavy atom. The normalized spacial score (nSPS) is 18.1. The minimum atomic E-state index is -0.354. The molecule has 0 spiro atoms. The number of hydrogen-bond acceptors (Lipinski definition) is 3. The highest BCUT2D eigenvalue weighted by Crippen LogP contribution is 2.10. The molecule has 1 saturated heterocycles. The standard InChI is InChI=1S/C16H24FN5O/c1-3-15(23)22-9-7-12(11-22)21-16(18-4-2)20-10-14-13(17)6-5-8-19-14/h5-6,8,12H,3-4,7,9-11H2,1-2H3,(H2,18,20,21). The summed E-state index contributed by atoms with van der Waals surface area (Å²) in [5, 5.41) is 6.45. The van der Waals surface area contributed by atoms with E-state index in [0.717, 1.165) is 13.0 Å². The van der Waals surface area contributed by atoms with Crippen molar-refractivity contribution in [3.63, 3.8) is 0 Å². The molecule has 23 heavy (non-hydrogen) atoms. The van der Waals surface area contributed by atoms with Gasteiger partial charge in [0.1, 0.15) is 5.82 Å². The van der Waals surface area contributed by atoms with Gasteiger partial charge in [-0.2, -0.15) is 0 Å². The molecule has 0 aromatic carbocycles. The minimum absolute atomic E-state index is 0.164. The molecule has 2 heterocycles. The summed E-state index contributed by atoms with van der Waals surface area (Å²) in [4.78, 5) is 22.0. The monoisotopic (exact) mass is 321 g/mol. The highest BCUT2D eigenvalue weighted by molar-refractivity contribution is 5.80. The molecule has 1 fully saturated rings. The van der Waals surface area contributed by atoms with Gasteiger partial charge in [0.2, 0.25) is 5.91 Å². The average Bonchev–Trinajstić information content (AvgIpc) is 3.02. The van der Waals surface area contributed by atoms with E-state index < -0.39 is 0 Å². The molecule has 1 aromatic rings. The van der Waals surface area contributed by atoms with Crippen LogP contribution in [0.1, 0.15) is 32.4 Å². The predicted octanol–water partition coefficient (Wildman–Crippen LogP) is 1.29. The summed E-state index contributed by atoms with van der Waals surface area (Å²) in [6.07, 6.45) is 2.97. The lowest BCUT2D eigenvalue weighted by Crippen LogP contribution is -2.45. The second-order valence-electron chi connectivity index (χ2n) is 5.45. The lowest BCUT2D eigenvalue weighted by atomic mass is 10.3. The Hall–Kier alpha value is -2.18. The van der Waals surface area contributed by atoms with E-state index in [9.17, 15) is 9.18 Å². The van der Waals surface area contributed by atoms with E-state index >= 15 is 0 Å². The van der Waals surface area contributed by atoms with Crippen LogP contribution in [-0.4, -0.2) is 47.4 Å². The number of aliphatic imine (C=N–C) groups is 1. The van der Waals surface area contributed by atoms with E-state index in [4.69, 9.17) is 0 Å². The first-order chi connectivity index (χ1) is 11.1. The summed E-state index contributed by atoms with van der Waals surface area (Å²) in [6, 6.07) is 3.10. The number of pyridine rings is 1. The van der Waals surface area contributed by atoms with Crippen molar-refractivity contribution < 1.29 is 9.18 Å². The van der Waals surface area contributed by atoms with Crippen molar-refractivity contribution in [3.8, 4) is 0 Å². The van der Waals surface area contributed by atoms with Crippen LogP contribution in [0.2, 0.25) is 0 Å². The molecule has 7 heteroatoms. The van der Waals surface area contributed by atoms with Gasteiger partial charge in [-0.1, -0.05) is 6.92 Å². The molecule has 0 bridgehead atoms. The maximum atomic E-state index is 13.6. The highest BCUT2D eigenvalue weighted by Gasteiger charge is 2.25. The van der Waals surface area contributed by atoms with Crippen LogP contribution in [0.15, 0.2) is 23.3 Å². The van der Waals surface area contributed by atoms with Gasteiger partial charge in [-0.3, -0.25) is 9.78 Å². The molecular formula is C16H24FN5O. The van der Waals surface area contributed by atoms with Crippen LogP contribution in [0.25, 0.3) is 0 Å². The second kappa shape index (κ2) is 8.45. The van der Waals surface area contributed by atoms with Crippen LogP contribution < -0.4 is 10.6 Å². The summed E-state index contributed by atoms with van der Waals surface area (Å²) in [6.45, 7) is 6.16. The van der Waals surface area contributed by atoms with Gasteiger partial charge in [-0.15, -0.1) is 0 Å². The van der Waals surface area contributed by atoms with Gasteiger partial charge in [0.05, 0.1) is 12.2 Å². The van der Waals surface area contributed by atoms with Crippen molar-refractivity contribution in [2.24, 2.45) is 4.99 Å². The first kappa shape index (κ1) is 17.2. The van der Waals surface area contributed by atoms with E-state index in [1.807, 2.05) is 18.7 Å². The fourth-order valence-electron chi connectivity index (χ4n) is 2.53. The number of carbonyl (C=O) groups excluding carboxylic acids is 1. The summed E-state index contributed by atoms with van der Waals surface area (Å²) < 4.78 is 13.6. The van der Waals surface area contributed by atoms with Crippen LogP contribution in [-0.2, 0) is 11.3 Å². The first-order valence-electron chi connectivity index (χ1n) is 8.06. The van der Waals surface area contributed by atoms with Crippen molar-refractivity contribution in [2.45, 2.75) is 39.3 Å². The van der Waals surface area contributed by atoms with Gasteiger partial charge in [-0.05, 0) is 25.5 Å². The maximum absolute atomic E-state index is 13.6. The number of nitrogens with zero attached hydrogens (tertiary/aromatic N) is 3. The van der Waals surface area contributed by atoms with E-state index in [-0.39, 0.29) is 24.3 Å². The number of rotatable bonds is 5. The Balaban J connectivity index is 1.95. The fourth-order valence-corrected chi connectivity index (χ4v) is 2.53. The third-order valence-corrected chi connectivity index (χ3v) is 3.75. The number of aromatic nitrogens is 1. The molecule has 2 N–H and O–H groups in total. The van der Waals surface area contributed by atoms with Gasteiger partial charge in [0.25, 0.3) is 0 Å². The van der Waals surface area contributed by atoms with Crippen LogP contribution in [0.5, 0.6) is 0 Å². The molecule has 1 aliphatic rings. The van der Waals surface area contributed by atoms with Crippen molar-refractivity contribution in [1.29, 1.82) is 0 Å². The van der Waals surface area contributed by atoms with E-state index in [1.54, 1.807) is 12.3 Å². The Kier molecular flexibility index (Phi) is 6.31. The quantitative estimate of drug-likeness (QED) is 0.633. The average molecular weight is 321 g/mol. The maximum Gasteiger partial charge on any atom is 0.222 e. The lowest BCUT2D eigenvalue weighted by Gasteiger charge is -2.18. The molecule has 2 rings (SSSR count). The molecule has 0 saturated carbocycles. The summed E-state index contributed by atoms with van der Waals surface area (Å²) in [7, 11) is 0. The molecule has 1 atom stereocenters. The van der Waals surface area contributed by atoms with Gasteiger partial charge < -0.3 is 15.5 Å². The molecule has 1 amide bonds. The Morgan fingerprint density at radius 1 is 1.52 bits per heavy atom. The Labute approximate surface area is 136 Å². The lowest BCUT2D eigenvalue weighted by molar-refractivity contribution is -0.129. The molecule has 1 aromatic heterocycles. The number of nitrogens with one attached hydrogen (secondary N) is 2. The van der Waals surface area contributed by atoms with Crippen molar-refractivity contribution >= 4 is 11.9 Å². The zero-order valence-electron chi connectivity index (χ0n) is 13.7. The Morgan fingerprint density at radius 3 is 3.04 bits per heavy atom. The topological polar surface area (TPSA) is 69.6 Å². The number of hydrogen-bond donors (Lipinski definition) is 2. The van der Waals surface area contributed by atoms with Crippen molar-refractivity contribution in [3.05, 3.63) is 29.8 Å². The molecule has 1 unspecified atom stereocenters. The van der Waals surface area contributed by atoms with Crippen LogP contribution >= 0.6 is 0 Å². The molecule has 6 nitrogen and oxygen atoms in total. The second-order valence-corrected chi connectivity index (χ2v) is 5.45. The molecule has 126 valence electrons.